The number of fused-ring (bicyclic) bond motifs is 1. The molecule has 0 aromatic heterocycles. The average Bonchev–Trinajstić information content (AvgIpc) is 2.92. The highest BCUT2D eigenvalue weighted by molar-refractivity contribution is 14.1. The molecule has 6 heteroatoms. The van der Waals surface area contributed by atoms with Crippen LogP contribution in [0.25, 0.3) is 0 Å². The first-order chi connectivity index (χ1) is 9.41. The minimum Gasteiger partial charge on any atom is -0.360 e. The van der Waals surface area contributed by atoms with Gasteiger partial charge in [-0.15, -0.1) is 0 Å². The predicted octanol–water partition coefficient (Wildman–Crippen LogP) is 2.63. The van der Waals surface area contributed by atoms with Crippen molar-refractivity contribution in [1.82, 2.24) is 5.32 Å². The van der Waals surface area contributed by atoms with Crippen molar-refractivity contribution in [3.05, 3.63) is 31.9 Å². The van der Waals surface area contributed by atoms with E-state index in [0.29, 0.717) is 11.8 Å². The molecule has 2 aliphatic heterocycles. The second-order valence-corrected chi connectivity index (χ2v) is 7.42. The summed E-state index contributed by atoms with van der Waals surface area (Å²) in [6.45, 7) is 7.32. The molecule has 20 heavy (non-hydrogen) atoms. The van der Waals surface area contributed by atoms with E-state index in [0.717, 1.165) is 28.9 Å². The van der Waals surface area contributed by atoms with E-state index in [1.165, 1.54) is 0 Å². The zero-order chi connectivity index (χ0) is 14.5. The zero-order valence-electron chi connectivity index (χ0n) is 11.6. The highest BCUT2D eigenvalue weighted by atomic mass is 127. The molecule has 1 N–H and O–H groups in total. The van der Waals surface area contributed by atoms with Gasteiger partial charge in [0.1, 0.15) is 5.69 Å². The van der Waals surface area contributed by atoms with Crippen LogP contribution in [0, 0.1) is 25.5 Å². The van der Waals surface area contributed by atoms with Crippen molar-refractivity contribution < 1.29 is 4.92 Å². The van der Waals surface area contributed by atoms with Crippen molar-refractivity contribution >= 4 is 34.0 Å². The fraction of sp³-hybridized carbons (Fsp3) is 0.571. The number of nitro benzene ring substituents is 1. The van der Waals surface area contributed by atoms with E-state index in [1.54, 1.807) is 6.07 Å². The van der Waals surface area contributed by atoms with Gasteiger partial charge in [-0.2, -0.15) is 0 Å². The Bertz CT molecular complexity index is 561. The Labute approximate surface area is 132 Å². The summed E-state index contributed by atoms with van der Waals surface area (Å²) < 4.78 is 0.900. The Balaban J connectivity index is 2.04. The summed E-state index contributed by atoms with van der Waals surface area (Å²) in [7, 11) is 0. The van der Waals surface area contributed by atoms with Crippen molar-refractivity contribution in [1.29, 1.82) is 0 Å². The molecule has 0 amide bonds. The lowest BCUT2D eigenvalue weighted by molar-refractivity contribution is -0.384. The van der Waals surface area contributed by atoms with E-state index in [2.05, 4.69) is 46.7 Å². The summed E-state index contributed by atoms with van der Waals surface area (Å²) in [6.07, 6.45) is 0. The van der Waals surface area contributed by atoms with E-state index in [9.17, 15) is 10.1 Å². The van der Waals surface area contributed by atoms with E-state index < -0.39 is 0 Å². The topological polar surface area (TPSA) is 58.4 Å². The maximum Gasteiger partial charge on any atom is 0.293 e. The molecule has 1 aromatic carbocycles. The number of benzene rings is 1. The minimum absolute atomic E-state index is 0.0499. The summed E-state index contributed by atoms with van der Waals surface area (Å²) in [5.41, 5.74) is 0.929. The predicted molar refractivity (Wildman–Crippen MR) is 87.1 cm³/mol. The van der Waals surface area contributed by atoms with Gasteiger partial charge in [0.25, 0.3) is 5.69 Å². The van der Waals surface area contributed by atoms with Gasteiger partial charge in [0.15, 0.2) is 0 Å². The summed E-state index contributed by atoms with van der Waals surface area (Å²) in [5.74, 6) is 1.14. The van der Waals surface area contributed by atoms with Crippen LogP contribution in [0.5, 0.6) is 0 Å². The summed E-state index contributed by atoms with van der Waals surface area (Å²) in [4.78, 5) is 13.3. The van der Waals surface area contributed by atoms with Crippen LogP contribution in [0.15, 0.2) is 18.2 Å². The van der Waals surface area contributed by atoms with E-state index in [4.69, 9.17) is 0 Å². The van der Waals surface area contributed by atoms with Crippen molar-refractivity contribution in [2.75, 3.05) is 24.5 Å². The maximum atomic E-state index is 11.4. The lowest BCUT2D eigenvalue weighted by Gasteiger charge is -2.37. The largest absolute Gasteiger partial charge is 0.360 e. The lowest BCUT2D eigenvalue weighted by Crippen LogP contribution is -2.44. The third kappa shape index (κ3) is 2.09. The Morgan fingerprint density at radius 3 is 2.85 bits per heavy atom. The van der Waals surface area contributed by atoms with Gasteiger partial charge in [0, 0.05) is 34.8 Å². The van der Waals surface area contributed by atoms with Crippen LogP contribution in [-0.4, -0.2) is 30.1 Å². The number of rotatable bonds is 2. The number of anilines is 1. The quantitative estimate of drug-likeness (QED) is 0.482. The molecule has 108 valence electrons. The van der Waals surface area contributed by atoms with Gasteiger partial charge in [-0.25, -0.2) is 0 Å². The molecule has 1 aromatic rings. The first-order valence-electron chi connectivity index (χ1n) is 6.83. The number of hydrogen-bond donors (Lipinski definition) is 1. The van der Waals surface area contributed by atoms with Crippen LogP contribution < -0.4 is 10.2 Å². The number of nitrogens with zero attached hydrogens (tertiary/aromatic N) is 2. The van der Waals surface area contributed by atoms with Crippen LogP contribution in [-0.2, 0) is 0 Å². The number of nitro groups is 1. The molecule has 0 bridgehead atoms. The Morgan fingerprint density at radius 1 is 1.45 bits per heavy atom. The van der Waals surface area contributed by atoms with E-state index >= 15 is 0 Å². The van der Waals surface area contributed by atoms with Crippen molar-refractivity contribution in [2.45, 2.75) is 19.4 Å². The van der Waals surface area contributed by atoms with Crippen LogP contribution in [0.1, 0.15) is 13.8 Å². The molecule has 2 heterocycles. The second kappa shape index (κ2) is 4.84. The average molecular weight is 387 g/mol. The Morgan fingerprint density at radius 2 is 2.20 bits per heavy atom. The third-order valence-electron chi connectivity index (χ3n) is 4.78. The van der Waals surface area contributed by atoms with Crippen molar-refractivity contribution in [2.24, 2.45) is 11.8 Å². The molecular weight excluding hydrogens is 369 g/mol. The monoisotopic (exact) mass is 387 g/mol. The summed E-state index contributed by atoms with van der Waals surface area (Å²) in [5, 5.41) is 14.8. The van der Waals surface area contributed by atoms with E-state index in [1.807, 2.05) is 12.1 Å². The van der Waals surface area contributed by atoms with Crippen LogP contribution >= 0.6 is 22.6 Å². The van der Waals surface area contributed by atoms with Crippen LogP contribution in [0.4, 0.5) is 11.4 Å². The summed E-state index contributed by atoms with van der Waals surface area (Å²) >= 11 is 2.12. The number of nitrogens with one attached hydrogen (secondary N) is 1. The normalized spacial score (nSPS) is 27.6. The van der Waals surface area contributed by atoms with E-state index in [-0.39, 0.29) is 16.1 Å². The molecule has 2 aliphatic rings. The van der Waals surface area contributed by atoms with Gasteiger partial charge in [-0.1, -0.05) is 0 Å². The van der Waals surface area contributed by atoms with Crippen molar-refractivity contribution in [3.63, 3.8) is 0 Å². The molecule has 2 fully saturated rings. The molecule has 2 unspecified atom stereocenters. The molecule has 2 saturated heterocycles. The molecule has 3 rings (SSSR count). The molecule has 5 nitrogen and oxygen atoms in total. The van der Waals surface area contributed by atoms with Crippen LogP contribution in [0.2, 0.25) is 0 Å². The van der Waals surface area contributed by atoms with Gasteiger partial charge in [0.2, 0.25) is 0 Å². The van der Waals surface area contributed by atoms with Crippen molar-refractivity contribution in [3.8, 4) is 0 Å². The van der Waals surface area contributed by atoms with Gasteiger partial charge in [0.05, 0.1) is 4.92 Å². The van der Waals surface area contributed by atoms with Gasteiger partial charge < -0.3 is 10.2 Å². The van der Waals surface area contributed by atoms with Gasteiger partial charge in [-0.3, -0.25) is 10.1 Å². The molecule has 0 spiro atoms. The fourth-order valence-electron chi connectivity index (χ4n) is 3.70. The molecule has 2 atom stereocenters. The molecule has 0 aliphatic carbocycles. The summed E-state index contributed by atoms with van der Waals surface area (Å²) in [6, 6.07) is 5.51. The molecular formula is C14H18IN3O2. The lowest BCUT2D eigenvalue weighted by atomic mass is 9.84. The highest BCUT2D eigenvalue weighted by Gasteiger charge is 2.50. The number of hydrogen-bond acceptors (Lipinski definition) is 4. The van der Waals surface area contributed by atoms with Gasteiger partial charge >= 0.3 is 0 Å². The first-order valence-corrected chi connectivity index (χ1v) is 7.91. The SMILES string of the molecule is CC1(C)C2CNCC2CN1c1ccc(I)cc1[N+](=O)[O-]. The maximum absolute atomic E-state index is 11.4. The number of halogens is 1. The minimum atomic E-state index is -0.264. The standard InChI is InChI=1S/C14H18IN3O2/c1-14(2)11-7-16-6-9(11)8-17(14)12-4-3-10(15)5-13(12)18(19)20/h3-5,9,11,16H,6-8H2,1-2H3. The first kappa shape index (κ1) is 14.1. The second-order valence-electron chi connectivity index (χ2n) is 6.18. The highest BCUT2D eigenvalue weighted by Crippen LogP contribution is 2.45. The smallest absolute Gasteiger partial charge is 0.293 e. The Kier molecular flexibility index (Phi) is 3.40. The van der Waals surface area contributed by atoms with Crippen LogP contribution in [0.3, 0.4) is 0 Å². The third-order valence-corrected chi connectivity index (χ3v) is 5.46. The fourth-order valence-corrected chi connectivity index (χ4v) is 4.18. The molecule has 0 saturated carbocycles. The Hall–Kier alpha value is -0.890. The molecule has 0 radical (unpaired) electrons. The zero-order valence-corrected chi connectivity index (χ0v) is 13.8. The van der Waals surface area contributed by atoms with Gasteiger partial charge in [-0.05, 0) is 60.4 Å².